The quantitative estimate of drug-likeness (QED) is 0.329. The van der Waals surface area contributed by atoms with E-state index in [1.54, 1.807) is 0 Å². The second-order valence-corrected chi connectivity index (χ2v) is 17.5. The third-order valence-corrected chi connectivity index (χ3v) is 8.19. The van der Waals surface area contributed by atoms with Gasteiger partial charge in [-0.15, -0.1) is 0 Å². The van der Waals surface area contributed by atoms with Gasteiger partial charge in [-0.1, -0.05) is 20.8 Å². The van der Waals surface area contributed by atoms with Crippen molar-refractivity contribution < 1.29 is 0 Å². The van der Waals surface area contributed by atoms with Crippen molar-refractivity contribution >= 4 is 11.9 Å². The lowest BCUT2D eigenvalue weighted by Gasteiger charge is -2.52. The van der Waals surface area contributed by atoms with Gasteiger partial charge in [-0.3, -0.25) is 4.90 Å². The van der Waals surface area contributed by atoms with Crippen LogP contribution in [0.1, 0.15) is 128 Å². The number of hydrogen-bond acceptors (Lipinski definition) is 8. The summed E-state index contributed by atoms with van der Waals surface area (Å²) in [6, 6.07) is 0.761. The minimum atomic E-state index is -0.143. The van der Waals surface area contributed by atoms with Gasteiger partial charge in [-0.2, -0.15) is 15.0 Å². The fourth-order valence-electron chi connectivity index (χ4n) is 8.09. The normalized spacial score (nSPS) is 23.3. The van der Waals surface area contributed by atoms with Crippen LogP contribution in [0.3, 0.4) is 0 Å². The highest BCUT2D eigenvalue weighted by Crippen LogP contribution is 2.36. The number of aryl methyl sites for hydroxylation is 1. The zero-order valence-corrected chi connectivity index (χ0v) is 28.6. The predicted molar refractivity (Wildman–Crippen MR) is 170 cm³/mol. The van der Waals surface area contributed by atoms with Crippen molar-refractivity contribution in [2.75, 3.05) is 23.9 Å². The molecule has 0 atom stereocenters. The molecule has 40 heavy (non-hydrogen) atoms. The monoisotopic (exact) mass is 559 g/mol. The molecule has 0 amide bonds. The van der Waals surface area contributed by atoms with E-state index >= 15 is 0 Å². The van der Waals surface area contributed by atoms with E-state index in [9.17, 15) is 0 Å². The topological polar surface area (TPSA) is 81.2 Å². The largest absolute Gasteiger partial charge is 0.349 e. The summed E-state index contributed by atoms with van der Waals surface area (Å²) in [6.07, 6.45) is 5.26. The molecule has 0 aliphatic carbocycles. The zero-order chi connectivity index (χ0) is 30.5. The Hall–Kier alpha value is -1.51. The molecule has 0 saturated carbocycles. The van der Waals surface area contributed by atoms with Gasteiger partial charge in [-0.05, 0) is 121 Å². The van der Waals surface area contributed by atoms with E-state index in [1.807, 2.05) is 6.92 Å². The summed E-state index contributed by atoms with van der Waals surface area (Å²) in [4.78, 5) is 19.8. The van der Waals surface area contributed by atoms with Gasteiger partial charge in [0.1, 0.15) is 5.82 Å². The van der Waals surface area contributed by atoms with Crippen LogP contribution in [0.25, 0.3) is 0 Å². The van der Waals surface area contributed by atoms with Crippen LogP contribution in [0, 0.1) is 12.3 Å². The van der Waals surface area contributed by atoms with E-state index in [0.29, 0.717) is 18.0 Å². The van der Waals surface area contributed by atoms with E-state index in [-0.39, 0.29) is 33.1 Å². The van der Waals surface area contributed by atoms with Gasteiger partial charge in [0.15, 0.2) is 0 Å². The zero-order valence-electron chi connectivity index (χ0n) is 28.6. The molecule has 8 nitrogen and oxygen atoms in total. The summed E-state index contributed by atoms with van der Waals surface area (Å²) in [6.45, 7) is 32.7. The standard InChI is InChI=1S/C32H62N8/c1-22-33-25(36-32(13,14)20-27(2,3)4)35-26(34-22)40(24-18-30(9,10)38-31(11,12)19-24)21-39(15)23-16-28(5,6)37-29(7,8)17-23/h23-24,37-38H,16-21H2,1-15H3,(H,33,34,35,36). The maximum atomic E-state index is 5.11. The maximum absolute atomic E-state index is 5.11. The fourth-order valence-corrected chi connectivity index (χ4v) is 8.09. The van der Waals surface area contributed by atoms with Crippen LogP contribution < -0.4 is 20.9 Å². The molecule has 0 unspecified atom stereocenters. The number of rotatable bonds is 8. The molecular weight excluding hydrogens is 496 g/mol. The fraction of sp³-hybridized carbons (Fsp3) is 0.906. The molecule has 2 fully saturated rings. The van der Waals surface area contributed by atoms with Crippen molar-refractivity contribution in [3.8, 4) is 0 Å². The van der Waals surface area contributed by atoms with Crippen molar-refractivity contribution in [3.05, 3.63) is 5.82 Å². The van der Waals surface area contributed by atoms with Crippen LogP contribution in [0.4, 0.5) is 11.9 Å². The highest BCUT2D eigenvalue weighted by atomic mass is 15.4. The molecular formula is C32H62N8. The van der Waals surface area contributed by atoms with Gasteiger partial charge >= 0.3 is 0 Å². The number of anilines is 2. The Balaban J connectivity index is 1.99. The van der Waals surface area contributed by atoms with E-state index in [4.69, 9.17) is 15.0 Å². The van der Waals surface area contributed by atoms with Gasteiger partial charge in [-0.25, -0.2) is 0 Å². The molecule has 8 heteroatoms. The second kappa shape index (κ2) is 11.0. The summed E-state index contributed by atoms with van der Waals surface area (Å²) in [5.41, 5.74) is 0.252. The van der Waals surface area contributed by atoms with Gasteiger partial charge in [0.25, 0.3) is 0 Å². The Kier molecular flexibility index (Phi) is 9.04. The maximum Gasteiger partial charge on any atom is 0.231 e. The Morgan fingerprint density at radius 1 is 0.750 bits per heavy atom. The first kappa shape index (κ1) is 33.0. The van der Waals surface area contributed by atoms with Crippen LogP contribution in [0.5, 0.6) is 0 Å². The van der Waals surface area contributed by atoms with Crippen LogP contribution in [0.15, 0.2) is 0 Å². The molecule has 3 heterocycles. The van der Waals surface area contributed by atoms with Crippen LogP contribution >= 0.6 is 0 Å². The Morgan fingerprint density at radius 3 is 1.65 bits per heavy atom. The molecule has 3 rings (SSSR count). The minimum absolute atomic E-state index is 0.0137. The van der Waals surface area contributed by atoms with Gasteiger partial charge in [0, 0.05) is 39.8 Å². The lowest BCUT2D eigenvalue weighted by molar-refractivity contribution is 0.0757. The summed E-state index contributed by atoms with van der Waals surface area (Å²) in [5.74, 6) is 2.20. The first-order valence-electron chi connectivity index (χ1n) is 15.4. The smallest absolute Gasteiger partial charge is 0.231 e. The SMILES string of the molecule is Cc1nc(NC(C)(C)CC(C)(C)C)nc(N(CN(C)C2CC(C)(C)NC(C)(C)C2)C2CC(C)(C)NC(C)(C)C2)n1. The summed E-state index contributed by atoms with van der Waals surface area (Å²) >= 11 is 0. The van der Waals surface area contributed by atoms with E-state index in [0.717, 1.165) is 50.5 Å². The second-order valence-electron chi connectivity index (χ2n) is 17.5. The average Bonchev–Trinajstić information content (AvgIpc) is 2.64. The Bertz CT molecular complexity index is 988. The highest BCUT2D eigenvalue weighted by molar-refractivity contribution is 5.40. The first-order chi connectivity index (χ1) is 17.9. The van der Waals surface area contributed by atoms with Crippen molar-refractivity contribution in [3.63, 3.8) is 0 Å². The number of nitrogens with one attached hydrogen (secondary N) is 3. The van der Waals surface area contributed by atoms with Crippen LogP contribution in [-0.2, 0) is 0 Å². The molecule has 3 N–H and O–H groups in total. The molecule has 0 spiro atoms. The predicted octanol–water partition coefficient (Wildman–Crippen LogP) is 6.12. The van der Waals surface area contributed by atoms with E-state index < -0.39 is 0 Å². The van der Waals surface area contributed by atoms with Crippen molar-refractivity contribution in [2.45, 2.75) is 169 Å². The number of hydrogen-bond donors (Lipinski definition) is 3. The van der Waals surface area contributed by atoms with Gasteiger partial charge in [0.05, 0.1) is 6.67 Å². The summed E-state index contributed by atoms with van der Waals surface area (Å²) in [5, 5.41) is 11.4. The lowest BCUT2D eigenvalue weighted by Crippen LogP contribution is -2.65. The first-order valence-corrected chi connectivity index (χ1v) is 15.4. The molecule has 2 saturated heterocycles. The Morgan fingerprint density at radius 2 is 1.20 bits per heavy atom. The summed E-state index contributed by atoms with van der Waals surface area (Å²) < 4.78 is 0. The molecule has 0 radical (unpaired) electrons. The van der Waals surface area contributed by atoms with Crippen molar-refractivity contribution in [1.29, 1.82) is 0 Å². The third-order valence-electron chi connectivity index (χ3n) is 8.19. The minimum Gasteiger partial charge on any atom is -0.349 e. The van der Waals surface area contributed by atoms with Gasteiger partial charge in [0.2, 0.25) is 11.9 Å². The molecule has 2 aliphatic rings. The van der Waals surface area contributed by atoms with Crippen LogP contribution in [-0.4, -0.2) is 73.3 Å². The molecule has 0 bridgehead atoms. The molecule has 230 valence electrons. The van der Waals surface area contributed by atoms with Crippen molar-refractivity contribution in [2.24, 2.45) is 5.41 Å². The molecule has 2 aliphatic heterocycles. The summed E-state index contributed by atoms with van der Waals surface area (Å²) in [7, 11) is 2.28. The molecule has 1 aromatic rings. The Labute approximate surface area is 246 Å². The van der Waals surface area contributed by atoms with Crippen molar-refractivity contribution in [1.82, 2.24) is 30.5 Å². The lowest BCUT2D eigenvalue weighted by atomic mass is 9.78. The highest BCUT2D eigenvalue weighted by Gasteiger charge is 2.43. The molecule has 1 aromatic heterocycles. The number of piperidine rings is 2. The van der Waals surface area contributed by atoms with E-state index in [2.05, 4.69) is 123 Å². The van der Waals surface area contributed by atoms with Gasteiger partial charge < -0.3 is 20.9 Å². The number of nitrogens with zero attached hydrogens (tertiary/aromatic N) is 5. The average molecular weight is 559 g/mol. The third kappa shape index (κ3) is 9.52. The number of aromatic nitrogens is 3. The molecule has 0 aromatic carbocycles. The van der Waals surface area contributed by atoms with E-state index in [1.165, 1.54) is 0 Å². The van der Waals surface area contributed by atoms with Crippen LogP contribution in [0.2, 0.25) is 0 Å².